The largest absolute Gasteiger partial charge is 0.369 e. The van der Waals surface area contributed by atoms with Gasteiger partial charge in [-0.25, -0.2) is 12.8 Å². The van der Waals surface area contributed by atoms with Crippen molar-refractivity contribution in [2.45, 2.75) is 44.7 Å². The number of likely N-dealkylation sites (tertiary alicyclic amines) is 1. The van der Waals surface area contributed by atoms with Crippen molar-refractivity contribution in [3.63, 3.8) is 0 Å². The third-order valence-corrected chi connectivity index (χ3v) is 10.5. The first-order valence-electron chi connectivity index (χ1n) is 13.2. The van der Waals surface area contributed by atoms with Gasteiger partial charge in [0.1, 0.15) is 5.82 Å². The maximum Gasteiger partial charge on any atom is 0.213 e. The molecule has 0 radical (unpaired) electrons. The van der Waals surface area contributed by atoms with Gasteiger partial charge in [0.2, 0.25) is 10.0 Å². The molecule has 3 aliphatic rings. The minimum atomic E-state index is -3.13. The topological polar surface area (TPSA) is 47.1 Å². The van der Waals surface area contributed by atoms with E-state index in [1.165, 1.54) is 16.8 Å². The predicted octanol–water partition coefficient (Wildman–Crippen LogP) is 3.62. The minimum absolute atomic E-state index is 0.0631. The van der Waals surface area contributed by atoms with Crippen LogP contribution >= 0.6 is 0 Å². The summed E-state index contributed by atoms with van der Waals surface area (Å²) >= 11 is 0. The van der Waals surface area contributed by atoms with E-state index in [1.807, 2.05) is 6.07 Å². The van der Waals surface area contributed by atoms with Crippen LogP contribution in [-0.4, -0.2) is 87.7 Å². The lowest BCUT2D eigenvalue weighted by atomic mass is 9.92. The predicted molar refractivity (Wildman–Crippen MR) is 144 cm³/mol. The van der Waals surface area contributed by atoms with Gasteiger partial charge in [0.25, 0.3) is 0 Å². The number of likely N-dealkylation sites (N-methyl/N-ethyl adjacent to an activating group) is 1. The fourth-order valence-electron chi connectivity index (χ4n) is 6.55. The number of halogens is 1. The Hall–Kier alpha value is -2.00. The molecule has 0 N–H and O–H groups in total. The Kier molecular flexibility index (Phi) is 7.15. The van der Waals surface area contributed by atoms with E-state index in [2.05, 4.69) is 60.0 Å². The summed E-state index contributed by atoms with van der Waals surface area (Å²) in [6.45, 7) is 8.23. The van der Waals surface area contributed by atoms with E-state index >= 15 is 0 Å². The molecule has 2 aromatic rings. The van der Waals surface area contributed by atoms with Crippen LogP contribution in [0, 0.1) is 12.7 Å². The van der Waals surface area contributed by atoms with Gasteiger partial charge in [0, 0.05) is 68.5 Å². The molecular weight excluding hydrogens is 475 g/mol. The van der Waals surface area contributed by atoms with Gasteiger partial charge in [-0.3, -0.25) is 4.90 Å². The van der Waals surface area contributed by atoms with Crippen LogP contribution in [0.1, 0.15) is 47.6 Å². The van der Waals surface area contributed by atoms with Crippen LogP contribution in [0.15, 0.2) is 36.4 Å². The lowest BCUT2D eigenvalue weighted by molar-refractivity contribution is 0.213. The molecule has 2 fully saturated rings. The Morgan fingerprint density at radius 2 is 1.81 bits per heavy atom. The summed E-state index contributed by atoms with van der Waals surface area (Å²) in [6.07, 6.45) is 1.94. The highest BCUT2D eigenvalue weighted by Gasteiger charge is 2.41. The summed E-state index contributed by atoms with van der Waals surface area (Å²) in [5, 5.41) is 0. The molecule has 0 aromatic heterocycles. The molecule has 0 saturated carbocycles. The van der Waals surface area contributed by atoms with E-state index in [-0.39, 0.29) is 17.6 Å². The van der Waals surface area contributed by atoms with Crippen LogP contribution in [0.2, 0.25) is 0 Å². The van der Waals surface area contributed by atoms with Crippen molar-refractivity contribution < 1.29 is 12.8 Å². The monoisotopic (exact) mass is 514 g/mol. The van der Waals surface area contributed by atoms with Crippen LogP contribution in [0.25, 0.3) is 0 Å². The normalized spacial score (nSPS) is 25.6. The fourth-order valence-corrected chi connectivity index (χ4v) is 7.63. The lowest BCUT2D eigenvalue weighted by Gasteiger charge is -2.36. The second kappa shape index (κ2) is 10.0. The van der Waals surface area contributed by atoms with Crippen molar-refractivity contribution >= 4 is 15.7 Å². The van der Waals surface area contributed by atoms with Crippen molar-refractivity contribution in [2.75, 3.05) is 64.0 Å². The number of fused-ring (bicyclic) bond motifs is 1. The number of rotatable bonds is 6. The highest BCUT2D eigenvalue weighted by Crippen LogP contribution is 2.43. The van der Waals surface area contributed by atoms with Crippen molar-refractivity contribution in [2.24, 2.45) is 0 Å². The number of hydrogen-bond acceptors (Lipinski definition) is 5. The summed E-state index contributed by atoms with van der Waals surface area (Å²) in [7, 11) is 1.17. The van der Waals surface area contributed by atoms with Crippen LogP contribution in [0.5, 0.6) is 0 Å². The van der Waals surface area contributed by atoms with Crippen LogP contribution < -0.4 is 4.90 Å². The van der Waals surface area contributed by atoms with E-state index in [0.29, 0.717) is 38.1 Å². The first kappa shape index (κ1) is 25.6. The van der Waals surface area contributed by atoms with Gasteiger partial charge in [-0.15, -0.1) is 0 Å². The molecule has 1 aliphatic carbocycles. The van der Waals surface area contributed by atoms with Crippen LogP contribution in [0.4, 0.5) is 10.1 Å². The minimum Gasteiger partial charge on any atom is -0.369 e. The zero-order valence-electron chi connectivity index (χ0n) is 22.0. The average molecular weight is 515 g/mol. The molecule has 2 saturated heterocycles. The molecule has 0 amide bonds. The van der Waals surface area contributed by atoms with Crippen molar-refractivity contribution in [3.8, 4) is 0 Å². The summed E-state index contributed by atoms with van der Waals surface area (Å²) in [5.74, 6) is 0.452. The zero-order valence-corrected chi connectivity index (χ0v) is 22.8. The second-order valence-electron chi connectivity index (χ2n) is 10.8. The Morgan fingerprint density at radius 1 is 1.06 bits per heavy atom. The molecule has 0 spiro atoms. The zero-order chi connectivity index (χ0) is 25.6. The molecular formula is C28H39FN4O2S. The van der Waals surface area contributed by atoms with E-state index in [4.69, 9.17) is 0 Å². The van der Waals surface area contributed by atoms with E-state index in [1.54, 1.807) is 17.3 Å². The SMILES string of the molecule is CCS(=O)(=O)N1CCN(c2ccc([C@H]3CN(C4CCc5cccc(F)c54)C[C@@H]3N(C)C)cc2C)CC1. The molecule has 3 atom stereocenters. The molecule has 1 unspecified atom stereocenters. The van der Waals surface area contributed by atoms with Crippen molar-refractivity contribution in [1.29, 1.82) is 0 Å². The van der Waals surface area contributed by atoms with Crippen molar-refractivity contribution in [1.82, 2.24) is 14.1 Å². The molecule has 6 nitrogen and oxygen atoms in total. The Morgan fingerprint density at radius 3 is 2.47 bits per heavy atom. The van der Waals surface area contributed by atoms with Crippen molar-refractivity contribution in [3.05, 3.63) is 64.5 Å². The Bertz CT molecular complexity index is 1210. The highest BCUT2D eigenvalue weighted by atomic mass is 32.2. The molecule has 2 heterocycles. The van der Waals surface area contributed by atoms with E-state index in [9.17, 15) is 12.8 Å². The summed E-state index contributed by atoms with van der Waals surface area (Å²) < 4.78 is 40.9. The molecule has 36 heavy (non-hydrogen) atoms. The summed E-state index contributed by atoms with van der Waals surface area (Å²) in [5.41, 5.74) is 5.82. The number of sulfonamides is 1. The van der Waals surface area contributed by atoms with E-state index in [0.717, 1.165) is 37.1 Å². The third kappa shape index (κ3) is 4.69. The second-order valence-corrected chi connectivity index (χ2v) is 13.0. The summed E-state index contributed by atoms with van der Waals surface area (Å²) in [6, 6.07) is 12.8. The molecule has 8 heteroatoms. The standard InChI is InChI=1S/C28H39FN4O2S/c1-5-36(34,35)33-15-13-31(14-16-33)25-11-10-22(17-20(25)2)23-18-32(19-27(23)30(3)4)26-12-9-21-7-6-8-24(29)28(21)26/h6-8,10-11,17,23,26-27H,5,9,12-16,18-19H2,1-4H3/t23-,26?,27+/m1/s1. The molecule has 196 valence electrons. The van der Waals surface area contributed by atoms with Gasteiger partial charge < -0.3 is 9.80 Å². The Balaban J connectivity index is 1.33. The van der Waals surface area contributed by atoms with Crippen LogP contribution in [-0.2, 0) is 16.4 Å². The number of nitrogens with zero attached hydrogens (tertiary/aromatic N) is 4. The number of anilines is 1. The number of benzene rings is 2. The summed E-state index contributed by atoms with van der Waals surface area (Å²) in [4.78, 5) is 7.13. The maximum absolute atomic E-state index is 14.8. The molecule has 2 aromatic carbocycles. The third-order valence-electron chi connectivity index (χ3n) is 8.57. The Labute approximate surface area is 215 Å². The number of piperazine rings is 1. The number of hydrogen-bond donors (Lipinski definition) is 0. The quantitative estimate of drug-likeness (QED) is 0.589. The highest BCUT2D eigenvalue weighted by molar-refractivity contribution is 7.89. The fraction of sp³-hybridized carbons (Fsp3) is 0.571. The van der Waals surface area contributed by atoms with Gasteiger partial charge in [-0.05, 0) is 69.6 Å². The smallest absolute Gasteiger partial charge is 0.213 e. The average Bonchev–Trinajstić information content (AvgIpc) is 3.50. The molecule has 5 rings (SSSR count). The van der Waals surface area contributed by atoms with Gasteiger partial charge in [-0.2, -0.15) is 4.31 Å². The van der Waals surface area contributed by atoms with Gasteiger partial charge in [0.05, 0.1) is 5.75 Å². The number of aryl methyl sites for hydroxylation is 2. The van der Waals surface area contributed by atoms with Crippen LogP contribution in [0.3, 0.4) is 0 Å². The van der Waals surface area contributed by atoms with Gasteiger partial charge >= 0.3 is 0 Å². The first-order chi connectivity index (χ1) is 17.2. The van der Waals surface area contributed by atoms with Gasteiger partial charge in [0.15, 0.2) is 0 Å². The van der Waals surface area contributed by atoms with Gasteiger partial charge in [-0.1, -0.05) is 24.3 Å². The lowest BCUT2D eigenvalue weighted by Crippen LogP contribution is -2.49. The molecule has 2 aliphatic heterocycles. The first-order valence-corrected chi connectivity index (χ1v) is 14.8. The molecule has 0 bridgehead atoms. The maximum atomic E-state index is 14.8. The van der Waals surface area contributed by atoms with E-state index < -0.39 is 10.0 Å².